The number of hydrogen-bond donors (Lipinski definition) is 0. The smallest absolute Gasteiger partial charge is 0.223 e. The second-order valence-electron chi connectivity index (χ2n) is 5.26. The Morgan fingerprint density at radius 1 is 1.30 bits per heavy atom. The molecule has 0 radical (unpaired) electrons. The molecule has 0 aromatic heterocycles. The van der Waals surface area contributed by atoms with Crippen LogP contribution in [0.25, 0.3) is 0 Å². The summed E-state index contributed by atoms with van der Waals surface area (Å²) in [5.74, 6) is 1.09. The lowest BCUT2D eigenvalue weighted by molar-refractivity contribution is -0.134. The van der Waals surface area contributed by atoms with E-state index in [1.54, 1.807) is 7.11 Å². The first kappa shape index (κ1) is 16.5. The van der Waals surface area contributed by atoms with Gasteiger partial charge in [0.25, 0.3) is 0 Å². The Hall–Kier alpha value is -1.51. The van der Waals surface area contributed by atoms with Crippen LogP contribution in [0.1, 0.15) is 52.0 Å². The molecule has 0 spiro atoms. The molecular weight excluding hydrogens is 250 g/mol. The van der Waals surface area contributed by atoms with Gasteiger partial charge >= 0.3 is 0 Å². The van der Waals surface area contributed by atoms with Crippen molar-refractivity contribution < 1.29 is 9.53 Å². The zero-order chi connectivity index (χ0) is 15.0. The molecule has 0 saturated carbocycles. The van der Waals surface area contributed by atoms with E-state index >= 15 is 0 Å². The third-order valence-electron chi connectivity index (χ3n) is 3.51. The van der Waals surface area contributed by atoms with Crippen molar-refractivity contribution >= 4 is 5.91 Å². The third-order valence-corrected chi connectivity index (χ3v) is 3.51. The maximum absolute atomic E-state index is 12.3. The molecule has 3 nitrogen and oxygen atoms in total. The Kier molecular flexibility index (Phi) is 7.13. The van der Waals surface area contributed by atoms with Gasteiger partial charge in [0.05, 0.1) is 7.11 Å². The number of hydrogen-bond acceptors (Lipinski definition) is 2. The van der Waals surface area contributed by atoms with E-state index in [4.69, 9.17) is 4.74 Å². The van der Waals surface area contributed by atoms with Crippen molar-refractivity contribution in [3.63, 3.8) is 0 Å². The lowest BCUT2D eigenvalue weighted by Crippen LogP contribution is -2.37. The normalized spacial score (nSPS) is 12.0. The van der Waals surface area contributed by atoms with Crippen LogP contribution >= 0.6 is 0 Å². The molecule has 0 N–H and O–H groups in total. The van der Waals surface area contributed by atoms with Crippen LogP contribution in [0.5, 0.6) is 5.75 Å². The highest BCUT2D eigenvalue weighted by Gasteiger charge is 2.19. The third kappa shape index (κ3) is 4.87. The van der Waals surface area contributed by atoms with Gasteiger partial charge in [-0.25, -0.2) is 0 Å². The Balaban J connectivity index is 2.84. The second kappa shape index (κ2) is 8.62. The molecule has 0 bridgehead atoms. The Morgan fingerprint density at radius 2 is 2.05 bits per heavy atom. The van der Waals surface area contributed by atoms with Gasteiger partial charge in [-0.2, -0.15) is 0 Å². The van der Waals surface area contributed by atoms with E-state index in [9.17, 15) is 4.79 Å². The minimum absolute atomic E-state index is 0.247. The van der Waals surface area contributed by atoms with Gasteiger partial charge in [-0.15, -0.1) is 0 Å². The van der Waals surface area contributed by atoms with E-state index in [0.29, 0.717) is 13.0 Å². The Labute approximate surface area is 122 Å². The fourth-order valence-electron chi connectivity index (χ4n) is 2.39. The number of nitrogens with zero attached hydrogens (tertiary/aromatic N) is 1. The van der Waals surface area contributed by atoms with Crippen LogP contribution in [0.3, 0.4) is 0 Å². The summed E-state index contributed by atoms with van der Waals surface area (Å²) in [5.41, 5.74) is 1.12. The molecule has 0 aliphatic carbocycles. The first-order chi connectivity index (χ1) is 9.62. The van der Waals surface area contributed by atoms with Crippen LogP contribution in [-0.2, 0) is 11.3 Å². The van der Waals surface area contributed by atoms with Crippen LogP contribution in [0.15, 0.2) is 24.3 Å². The van der Waals surface area contributed by atoms with Gasteiger partial charge in [0.15, 0.2) is 0 Å². The minimum Gasteiger partial charge on any atom is -0.497 e. The van der Waals surface area contributed by atoms with Crippen LogP contribution < -0.4 is 4.74 Å². The molecule has 0 fully saturated rings. The van der Waals surface area contributed by atoms with Crippen molar-refractivity contribution in [2.24, 2.45) is 0 Å². The highest BCUT2D eigenvalue weighted by molar-refractivity contribution is 5.76. The molecule has 1 aromatic rings. The molecule has 3 heteroatoms. The second-order valence-corrected chi connectivity index (χ2v) is 5.26. The summed E-state index contributed by atoms with van der Waals surface area (Å²) in [7, 11) is 1.67. The summed E-state index contributed by atoms with van der Waals surface area (Å²) < 4.78 is 5.25. The van der Waals surface area contributed by atoms with Gasteiger partial charge in [-0.05, 0) is 37.5 Å². The maximum atomic E-state index is 12.3. The number of carbonyl (C=O) groups is 1. The molecule has 112 valence electrons. The lowest BCUT2D eigenvalue weighted by atomic mass is 10.1. The number of methoxy groups -OCH3 is 1. The van der Waals surface area contributed by atoms with Gasteiger partial charge < -0.3 is 9.64 Å². The van der Waals surface area contributed by atoms with Crippen molar-refractivity contribution in [2.75, 3.05) is 7.11 Å². The molecule has 0 aliphatic rings. The number of benzene rings is 1. The van der Waals surface area contributed by atoms with Gasteiger partial charge in [0.2, 0.25) is 5.91 Å². The molecule has 20 heavy (non-hydrogen) atoms. The van der Waals surface area contributed by atoms with Crippen LogP contribution in [0.4, 0.5) is 0 Å². The molecule has 1 aromatic carbocycles. The Bertz CT molecular complexity index is 417. The summed E-state index contributed by atoms with van der Waals surface area (Å²) >= 11 is 0. The van der Waals surface area contributed by atoms with Crippen molar-refractivity contribution in [3.05, 3.63) is 29.8 Å². The predicted octanol–water partition coefficient (Wildman–Crippen LogP) is 4.01. The monoisotopic (exact) mass is 277 g/mol. The highest BCUT2D eigenvalue weighted by atomic mass is 16.5. The first-order valence-corrected chi connectivity index (χ1v) is 7.54. The van der Waals surface area contributed by atoms with Crippen molar-refractivity contribution in [3.8, 4) is 5.75 Å². The van der Waals surface area contributed by atoms with Crippen LogP contribution in [-0.4, -0.2) is 24.0 Å². The molecule has 1 unspecified atom stereocenters. The summed E-state index contributed by atoms with van der Waals surface area (Å²) in [6.45, 7) is 7.01. The lowest BCUT2D eigenvalue weighted by Gasteiger charge is -2.29. The number of amides is 1. The average Bonchev–Trinajstić information content (AvgIpc) is 2.45. The molecular formula is C17H27NO2. The van der Waals surface area contributed by atoms with Gasteiger partial charge in [-0.1, -0.05) is 32.4 Å². The van der Waals surface area contributed by atoms with Crippen molar-refractivity contribution in [2.45, 2.75) is 59.0 Å². The van der Waals surface area contributed by atoms with Gasteiger partial charge in [0.1, 0.15) is 5.75 Å². The largest absolute Gasteiger partial charge is 0.497 e. The summed E-state index contributed by atoms with van der Waals surface area (Å²) in [6, 6.07) is 8.24. The molecule has 0 heterocycles. The van der Waals surface area contributed by atoms with E-state index in [2.05, 4.69) is 13.8 Å². The first-order valence-electron chi connectivity index (χ1n) is 7.54. The van der Waals surface area contributed by atoms with E-state index in [-0.39, 0.29) is 11.9 Å². The SMILES string of the molecule is CCCC(=O)N(Cc1cccc(OC)c1)C(C)CCC. The zero-order valence-electron chi connectivity index (χ0n) is 13.2. The Morgan fingerprint density at radius 3 is 2.65 bits per heavy atom. The molecule has 1 amide bonds. The fraction of sp³-hybridized carbons (Fsp3) is 0.588. The molecule has 1 atom stereocenters. The van der Waals surface area contributed by atoms with Crippen LogP contribution in [0, 0.1) is 0 Å². The van der Waals surface area contributed by atoms with E-state index in [1.165, 1.54) is 0 Å². The van der Waals surface area contributed by atoms with E-state index in [1.807, 2.05) is 36.1 Å². The fourth-order valence-corrected chi connectivity index (χ4v) is 2.39. The van der Waals surface area contributed by atoms with Crippen molar-refractivity contribution in [1.29, 1.82) is 0 Å². The number of rotatable bonds is 8. The summed E-state index contributed by atoms with van der Waals surface area (Å²) in [4.78, 5) is 14.3. The highest BCUT2D eigenvalue weighted by Crippen LogP contribution is 2.18. The topological polar surface area (TPSA) is 29.5 Å². The number of ether oxygens (including phenoxy) is 1. The molecule has 1 rings (SSSR count). The zero-order valence-corrected chi connectivity index (χ0v) is 13.2. The minimum atomic E-state index is 0.247. The summed E-state index contributed by atoms with van der Waals surface area (Å²) in [5, 5.41) is 0. The van der Waals surface area contributed by atoms with Crippen LogP contribution in [0.2, 0.25) is 0 Å². The van der Waals surface area contributed by atoms with Gasteiger partial charge in [0, 0.05) is 19.0 Å². The maximum Gasteiger partial charge on any atom is 0.223 e. The van der Waals surface area contributed by atoms with E-state index in [0.717, 1.165) is 30.6 Å². The quantitative estimate of drug-likeness (QED) is 0.718. The van der Waals surface area contributed by atoms with E-state index < -0.39 is 0 Å². The summed E-state index contributed by atoms with van der Waals surface area (Å²) in [6.07, 6.45) is 3.65. The van der Waals surface area contributed by atoms with Gasteiger partial charge in [-0.3, -0.25) is 4.79 Å². The average molecular weight is 277 g/mol. The molecule has 0 saturated heterocycles. The standard InChI is InChI=1S/C17H27NO2/c1-5-8-14(3)18(17(19)9-6-2)13-15-10-7-11-16(12-15)20-4/h7,10-12,14H,5-6,8-9,13H2,1-4H3. The van der Waals surface area contributed by atoms with Crippen molar-refractivity contribution in [1.82, 2.24) is 4.90 Å². The number of carbonyl (C=O) groups excluding carboxylic acids is 1. The predicted molar refractivity (Wildman–Crippen MR) is 82.8 cm³/mol. The molecule has 0 aliphatic heterocycles.